The predicted octanol–water partition coefficient (Wildman–Crippen LogP) is 4.34. The molecule has 0 bridgehead atoms. The summed E-state index contributed by atoms with van der Waals surface area (Å²) in [5, 5.41) is 5.81. The highest BCUT2D eigenvalue weighted by molar-refractivity contribution is 6.34. The SMILES string of the molecule is O=C(COC(=O)c1ccc(-n2cccn2)cc1)Nc1c(Cl)cccc1C(F)(F)F. The van der Waals surface area contributed by atoms with Crippen LogP contribution in [0.4, 0.5) is 18.9 Å². The third-order valence-electron chi connectivity index (χ3n) is 3.79. The standard InChI is InChI=1S/C19H13ClF3N3O3/c20-15-4-1-3-14(19(21,22)23)17(15)25-16(27)11-29-18(28)12-5-7-13(8-6-12)26-10-2-9-24-26/h1-10H,11H2,(H,25,27). The van der Waals surface area contributed by atoms with Crippen LogP contribution in [0.1, 0.15) is 15.9 Å². The number of hydrogen-bond acceptors (Lipinski definition) is 4. The Kier molecular flexibility index (Phi) is 5.88. The molecule has 3 rings (SSSR count). The molecule has 0 spiro atoms. The van der Waals surface area contributed by atoms with E-state index in [1.807, 2.05) is 5.32 Å². The molecule has 29 heavy (non-hydrogen) atoms. The van der Waals surface area contributed by atoms with Gasteiger partial charge in [0, 0.05) is 12.4 Å². The van der Waals surface area contributed by atoms with Crippen molar-refractivity contribution >= 4 is 29.2 Å². The molecule has 0 aliphatic rings. The smallest absolute Gasteiger partial charge is 0.418 e. The molecule has 0 aliphatic carbocycles. The van der Waals surface area contributed by atoms with Crippen molar-refractivity contribution < 1.29 is 27.5 Å². The topological polar surface area (TPSA) is 73.2 Å². The van der Waals surface area contributed by atoms with Crippen LogP contribution in [-0.4, -0.2) is 28.3 Å². The lowest BCUT2D eigenvalue weighted by molar-refractivity contribution is -0.137. The second-order valence-electron chi connectivity index (χ2n) is 5.78. The number of esters is 1. The molecular weight excluding hydrogens is 411 g/mol. The largest absolute Gasteiger partial charge is 0.452 e. The van der Waals surface area contributed by atoms with Crippen LogP contribution >= 0.6 is 11.6 Å². The van der Waals surface area contributed by atoms with Gasteiger partial charge in [-0.2, -0.15) is 18.3 Å². The van der Waals surface area contributed by atoms with E-state index >= 15 is 0 Å². The summed E-state index contributed by atoms with van der Waals surface area (Å²) >= 11 is 5.77. The number of benzene rings is 2. The number of rotatable bonds is 5. The Bertz CT molecular complexity index is 1020. The Morgan fingerprint density at radius 1 is 1.10 bits per heavy atom. The zero-order chi connectivity index (χ0) is 21.0. The molecule has 1 amide bonds. The molecule has 0 atom stereocenters. The normalized spacial score (nSPS) is 11.2. The van der Waals surface area contributed by atoms with Crippen molar-refractivity contribution in [3.8, 4) is 5.69 Å². The van der Waals surface area contributed by atoms with Crippen molar-refractivity contribution in [1.29, 1.82) is 0 Å². The quantitative estimate of drug-likeness (QED) is 0.619. The Labute approximate surface area is 167 Å². The summed E-state index contributed by atoms with van der Waals surface area (Å²) in [7, 11) is 0. The molecule has 0 saturated carbocycles. The Hall–Kier alpha value is -3.33. The number of nitrogens with one attached hydrogen (secondary N) is 1. The minimum atomic E-state index is -4.71. The van der Waals surface area contributed by atoms with Gasteiger partial charge in [-0.05, 0) is 42.5 Å². The van der Waals surface area contributed by atoms with Crippen molar-refractivity contribution in [2.45, 2.75) is 6.18 Å². The third-order valence-corrected chi connectivity index (χ3v) is 4.10. The number of aromatic nitrogens is 2. The van der Waals surface area contributed by atoms with Crippen molar-refractivity contribution in [3.05, 3.63) is 77.1 Å². The maximum Gasteiger partial charge on any atom is 0.418 e. The molecule has 0 fully saturated rings. The fraction of sp³-hybridized carbons (Fsp3) is 0.105. The number of halogens is 4. The first-order chi connectivity index (χ1) is 13.8. The number of carbonyl (C=O) groups is 2. The lowest BCUT2D eigenvalue weighted by Gasteiger charge is -2.15. The molecule has 1 N–H and O–H groups in total. The van der Waals surface area contributed by atoms with Gasteiger partial charge in [0.15, 0.2) is 6.61 Å². The second kappa shape index (κ2) is 8.36. The van der Waals surface area contributed by atoms with Crippen molar-refractivity contribution in [2.75, 3.05) is 11.9 Å². The van der Waals surface area contributed by atoms with E-state index in [9.17, 15) is 22.8 Å². The third kappa shape index (κ3) is 4.94. The first-order valence-corrected chi connectivity index (χ1v) is 8.56. The summed E-state index contributed by atoms with van der Waals surface area (Å²) < 4.78 is 45.6. The van der Waals surface area contributed by atoms with Gasteiger partial charge in [-0.15, -0.1) is 0 Å². The van der Waals surface area contributed by atoms with Crippen LogP contribution < -0.4 is 5.32 Å². The molecule has 2 aromatic carbocycles. The number of anilines is 1. The fourth-order valence-electron chi connectivity index (χ4n) is 2.45. The van der Waals surface area contributed by atoms with E-state index < -0.39 is 35.9 Å². The van der Waals surface area contributed by atoms with Crippen LogP contribution in [0, 0.1) is 0 Å². The van der Waals surface area contributed by atoms with Gasteiger partial charge in [0.05, 0.1) is 27.5 Å². The highest BCUT2D eigenvalue weighted by Crippen LogP contribution is 2.38. The van der Waals surface area contributed by atoms with Crippen LogP contribution in [0.2, 0.25) is 5.02 Å². The van der Waals surface area contributed by atoms with E-state index in [4.69, 9.17) is 16.3 Å². The van der Waals surface area contributed by atoms with E-state index in [1.165, 1.54) is 18.2 Å². The first kappa shape index (κ1) is 20.4. The summed E-state index contributed by atoms with van der Waals surface area (Å²) in [5.41, 5.74) is -0.810. The molecular formula is C19H13ClF3N3O3. The van der Waals surface area contributed by atoms with E-state index in [1.54, 1.807) is 35.3 Å². The number of ether oxygens (including phenoxy) is 1. The highest BCUT2D eigenvalue weighted by atomic mass is 35.5. The zero-order valence-corrected chi connectivity index (χ0v) is 15.4. The number of alkyl halides is 3. The van der Waals surface area contributed by atoms with Gasteiger partial charge in [-0.1, -0.05) is 17.7 Å². The van der Waals surface area contributed by atoms with Gasteiger partial charge in [-0.25, -0.2) is 9.48 Å². The Balaban J connectivity index is 1.62. The molecule has 1 heterocycles. The van der Waals surface area contributed by atoms with Gasteiger partial charge in [0.1, 0.15) is 0 Å². The number of nitrogens with zero attached hydrogens (tertiary/aromatic N) is 2. The summed E-state index contributed by atoms with van der Waals surface area (Å²) in [5.74, 6) is -1.76. The number of para-hydroxylation sites is 1. The number of carbonyl (C=O) groups excluding carboxylic acids is 2. The summed E-state index contributed by atoms with van der Waals surface area (Å²) in [4.78, 5) is 24.0. The summed E-state index contributed by atoms with van der Waals surface area (Å²) in [6.07, 6.45) is -1.38. The molecule has 1 aromatic heterocycles. The zero-order valence-electron chi connectivity index (χ0n) is 14.6. The molecule has 0 radical (unpaired) electrons. The van der Waals surface area contributed by atoms with E-state index in [-0.39, 0.29) is 10.6 Å². The summed E-state index contributed by atoms with van der Waals surface area (Å²) in [6.45, 7) is -0.776. The number of amides is 1. The average Bonchev–Trinajstić information content (AvgIpc) is 3.22. The van der Waals surface area contributed by atoms with Crippen LogP contribution in [0.3, 0.4) is 0 Å². The van der Waals surface area contributed by atoms with E-state index in [0.29, 0.717) is 5.69 Å². The van der Waals surface area contributed by atoms with E-state index in [0.717, 1.165) is 12.1 Å². The molecule has 0 aliphatic heterocycles. The number of hydrogen-bond donors (Lipinski definition) is 1. The first-order valence-electron chi connectivity index (χ1n) is 8.18. The van der Waals surface area contributed by atoms with Crippen LogP contribution in [-0.2, 0) is 15.7 Å². The maximum atomic E-state index is 13.0. The monoisotopic (exact) mass is 423 g/mol. The Morgan fingerprint density at radius 2 is 1.83 bits per heavy atom. The van der Waals surface area contributed by atoms with Gasteiger partial charge < -0.3 is 10.1 Å². The summed E-state index contributed by atoms with van der Waals surface area (Å²) in [6, 6.07) is 11.1. The molecule has 10 heteroatoms. The molecule has 0 unspecified atom stereocenters. The fourth-order valence-corrected chi connectivity index (χ4v) is 2.67. The predicted molar refractivity (Wildman–Crippen MR) is 98.9 cm³/mol. The van der Waals surface area contributed by atoms with Crippen molar-refractivity contribution in [2.24, 2.45) is 0 Å². The average molecular weight is 424 g/mol. The molecule has 150 valence electrons. The Morgan fingerprint density at radius 3 is 2.45 bits per heavy atom. The highest BCUT2D eigenvalue weighted by Gasteiger charge is 2.34. The molecule has 0 saturated heterocycles. The minimum absolute atomic E-state index is 0.169. The molecule has 6 nitrogen and oxygen atoms in total. The van der Waals surface area contributed by atoms with Crippen LogP contribution in [0.25, 0.3) is 5.69 Å². The maximum absolute atomic E-state index is 13.0. The lowest BCUT2D eigenvalue weighted by Crippen LogP contribution is -2.23. The lowest BCUT2D eigenvalue weighted by atomic mass is 10.1. The van der Waals surface area contributed by atoms with Crippen LogP contribution in [0.5, 0.6) is 0 Å². The van der Waals surface area contributed by atoms with Crippen molar-refractivity contribution in [1.82, 2.24) is 9.78 Å². The van der Waals surface area contributed by atoms with E-state index in [2.05, 4.69) is 5.10 Å². The minimum Gasteiger partial charge on any atom is -0.452 e. The van der Waals surface area contributed by atoms with Gasteiger partial charge in [0.2, 0.25) is 0 Å². The van der Waals surface area contributed by atoms with Crippen LogP contribution in [0.15, 0.2) is 60.9 Å². The van der Waals surface area contributed by atoms with Crippen molar-refractivity contribution in [3.63, 3.8) is 0 Å². The van der Waals surface area contributed by atoms with Gasteiger partial charge in [0.25, 0.3) is 5.91 Å². The van der Waals surface area contributed by atoms with Gasteiger partial charge >= 0.3 is 12.1 Å². The van der Waals surface area contributed by atoms with Gasteiger partial charge in [-0.3, -0.25) is 4.79 Å². The second-order valence-corrected chi connectivity index (χ2v) is 6.19. The molecule has 3 aromatic rings.